The fraction of sp³-hybridized carbons (Fsp3) is 0.562. The summed E-state index contributed by atoms with van der Waals surface area (Å²) in [7, 11) is 0. The van der Waals surface area contributed by atoms with Crippen molar-refractivity contribution < 1.29 is 9.32 Å². The summed E-state index contributed by atoms with van der Waals surface area (Å²) >= 11 is 0. The molecule has 1 aliphatic carbocycles. The van der Waals surface area contributed by atoms with Crippen molar-refractivity contribution in [3.63, 3.8) is 0 Å². The van der Waals surface area contributed by atoms with E-state index in [1.807, 2.05) is 0 Å². The highest BCUT2D eigenvalue weighted by Crippen LogP contribution is 2.27. The second kappa shape index (κ2) is 6.54. The van der Waals surface area contributed by atoms with Crippen molar-refractivity contribution in [1.82, 2.24) is 30.3 Å². The smallest absolute Gasteiger partial charge is 0.317 e. The number of likely N-dealkylation sites (tertiary alicyclic amines) is 1. The van der Waals surface area contributed by atoms with Gasteiger partial charge in [0.15, 0.2) is 0 Å². The van der Waals surface area contributed by atoms with E-state index in [1.165, 1.54) is 19.3 Å². The Labute approximate surface area is 139 Å². The van der Waals surface area contributed by atoms with E-state index < -0.39 is 0 Å². The van der Waals surface area contributed by atoms with Crippen LogP contribution in [0.1, 0.15) is 43.9 Å². The molecule has 24 heavy (non-hydrogen) atoms. The highest BCUT2D eigenvalue weighted by Gasteiger charge is 2.36. The molecular formula is C16H20N6O2. The third kappa shape index (κ3) is 3.08. The van der Waals surface area contributed by atoms with Crippen molar-refractivity contribution in [3.8, 4) is 11.5 Å². The molecule has 8 nitrogen and oxygen atoms in total. The van der Waals surface area contributed by atoms with Crippen LogP contribution in [0, 0.1) is 0 Å². The third-order valence-corrected chi connectivity index (χ3v) is 4.68. The van der Waals surface area contributed by atoms with Crippen LogP contribution in [0.25, 0.3) is 11.5 Å². The van der Waals surface area contributed by atoms with E-state index in [0.29, 0.717) is 36.5 Å². The maximum absolute atomic E-state index is 12.2. The molecule has 2 aromatic rings. The number of carbonyl (C=O) groups is 1. The van der Waals surface area contributed by atoms with Gasteiger partial charge in [-0.15, -0.1) is 0 Å². The first-order chi connectivity index (χ1) is 11.8. The summed E-state index contributed by atoms with van der Waals surface area (Å²) in [5, 5.41) is 7.07. The molecule has 0 spiro atoms. The molecule has 4 rings (SSSR count). The summed E-state index contributed by atoms with van der Waals surface area (Å²) in [6.45, 7) is 1.22. The molecule has 0 bridgehead atoms. The topological polar surface area (TPSA) is 97.0 Å². The number of aromatic nitrogens is 4. The SMILES string of the molecule is O=C(NC1CCCCC1)N1CC(c2nc(-c3cnccn3)no2)C1. The fourth-order valence-corrected chi connectivity index (χ4v) is 3.23. The van der Waals surface area contributed by atoms with Crippen LogP contribution >= 0.6 is 0 Å². The first-order valence-corrected chi connectivity index (χ1v) is 8.45. The zero-order valence-corrected chi connectivity index (χ0v) is 13.4. The van der Waals surface area contributed by atoms with E-state index in [4.69, 9.17) is 4.52 Å². The Morgan fingerprint density at radius 1 is 1.21 bits per heavy atom. The Morgan fingerprint density at radius 2 is 2.04 bits per heavy atom. The summed E-state index contributed by atoms with van der Waals surface area (Å²) in [4.78, 5) is 26.5. The van der Waals surface area contributed by atoms with Gasteiger partial charge in [-0.1, -0.05) is 24.4 Å². The molecule has 2 amide bonds. The zero-order valence-electron chi connectivity index (χ0n) is 13.4. The highest BCUT2D eigenvalue weighted by atomic mass is 16.5. The van der Waals surface area contributed by atoms with Crippen LogP contribution in [-0.4, -0.2) is 50.2 Å². The number of rotatable bonds is 3. The summed E-state index contributed by atoms with van der Waals surface area (Å²) in [6.07, 6.45) is 10.7. The molecular weight excluding hydrogens is 308 g/mol. The first-order valence-electron chi connectivity index (χ1n) is 8.45. The first kappa shape index (κ1) is 15.0. The van der Waals surface area contributed by atoms with Crippen LogP contribution in [0.3, 0.4) is 0 Å². The molecule has 1 saturated heterocycles. The van der Waals surface area contributed by atoms with Gasteiger partial charge in [0.05, 0.1) is 12.1 Å². The van der Waals surface area contributed by atoms with E-state index >= 15 is 0 Å². The number of amides is 2. The van der Waals surface area contributed by atoms with Crippen molar-refractivity contribution in [3.05, 3.63) is 24.5 Å². The van der Waals surface area contributed by atoms with Crippen LogP contribution in [-0.2, 0) is 0 Å². The molecule has 0 atom stereocenters. The van der Waals surface area contributed by atoms with E-state index in [2.05, 4.69) is 25.4 Å². The Hall–Kier alpha value is -2.51. The molecule has 0 aromatic carbocycles. The summed E-state index contributed by atoms with van der Waals surface area (Å²) in [5.41, 5.74) is 0.582. The molecule has 1 N–H and O–H groups in total. The molecule has 1 aliphatic heterocycles. The Kier molecular flexibility index (Phi) is 4.10. The summed E-state index contributed by atoms with van der Waals surface area (Å²) in [5.74, 6) is 1.08. The summed E-state index contributed by atoms with van der Waals surface area (Å²) < 4.78 is 5.31. The Morgan fingerprint density at radius 3 is 2.79 bits per heavy atom. The lowest BCUT2D eigenvalue weighted by atomic mass is 9.95. The molecule has 2 aliphatic rings. The van der Waals surface area contributed by atoms with Gasteiger partial charge in [-0.25, -0.2) is 9.78 Å². The van der Waals surface area contributed by atoms with Gasteiger partial charge >= 0.3 is 6.03 Å². The van der Waals surface area contributed by atoms with Gasteiger partial charge in [-0.3, -0.25) is 4.98 Å². The lowest BCUT2D eigenvalue weighted by Crippen LogP contribution is -2.54. The van der Waals surface area contributed by atoms with E-state index in [-0.39, 0.29) is 11.9 Å². The van der Waals surface area contributed by atoms with Crippen LogP contribution < -0.4 is 5.32 Å². The molecule has 0 unspecified atom stereocenters. The minimum atomic E-state index is 0.0202. The zero-order chi connectivity index (χ0) is 16.4. The van der Waals surface area contributed by atoms with Gasteiger partial charge in [0.1, 0.15) is 5.69 Å². The minimum Gasteiger partial charge on any atom is -0.338 e. The van der Waals surface area contributed by atoms with E-state index in [0.717, 1.165) is 12.8 Å². The second-order valence-corrected chi connectivity index (χ2v) is 6.43. The number of hydrogen-bond donors (Lipinski definition) is 1. The number of hydrogen-bond acceptors (Lipinski definition) is 6. The minimum absolute atomic E-state index is 0.0202. The molecule has 1 saturated carbocycles. The van der Waals surface area contributed by atoms with Crippen LogP contribution in [0.5, 0.6) is 0 Å². The maximum atomic E-state index is 12.2. The lowest BCUT2D eigenvalue weighted by Gasteiger charge is -2.38. The van der Waals surface area contributed by atoms with Crippen molar-refractivity contribution in [1.29, 1.82) is 0 Å². The van der Waals surface area contributed by atoms with Gasteiger partial charge < -0.3 is 14.7 Å². The van der Waals surface area contributed by atoms with E-state index in [1.54, 1.807) is 23.5 Å². The third-order valence-electron chi connectivity index (χ3n) is 4.68. The Bertz CT molecular complexity index is 692. The largest absolute Gasteiger partial charge is 0.338 e. The molecule has 0 radical (unpaired) electrons. The maximum Gasteiger partial charge on any atom is 0.317 e. The van der Waals surface area contributed by atoms with Crippen molar-refractivity contribution >= 4 is 6.03 Å². The number of nitrogens with zero attached hydrogens (tertiary/aromatic N) is 5. The standard InChI is InChI=1S/C16H20N6O2/c23-16(19-12-4-2-1-3-5-12)22-9-11(10-22)15-20-14(21-24-15)13-8-17-6-7-18-13/h6-8,11-12H,1-5,9-10H2,(H,19,23). The predicted molar refractivity (Wildman–Crippen MR) is 85.0 cm³/mol. The molecule has 3 heterocycles. The number of urea groups is 1. The van der Waals surface area contributed by atoms with Crippen molar-refractivity contribution in [2.45, 2.75) is 44.1 Å². The van der Waals surface area contributed by atoms with Crippen LogP contribution in [0.4, 0.5) is 4.79 Å². The molecule has 126 valence electrons. The molecule has 2 fully saturated rings. The highest BCUT2D eigenvalue weighted by molar-refractivity contribution is 5.75. The van der Waals surface area contributed by atoms with Crippen molar-refractivity contribution in [2.24, 2.45) is 0 Å². The van der Waals surface area contributed by atoms with Crippen molar-refractivity contribution in [2.75, 3.05) is 13.1 Å². The van der Waals surface area contributed by atoms with Gasteiger partial charge in [0, 0.05) is 31.5 Å². The van der Waals surface area contributed by atoms with Gasteiger partial charge in [-0.2, -0.15) is 4.98 Å². The lowest BCUT2D eigenvalue weighted by molar-refractivity contribution is 0.132. The average molecular weight is 328 g/mol. The monoisotopic (exact) mass is 328 g/mol. The van der Waals surface area contributed by atoms with Crippen LogP contribution in [0.15, 0.2) is 23.1 Å². The van der Waals surface area contributed by atoms with Gasteiger partial charge in [-0.05, 0) is 12.8 Å². The predicted octanol–water partition coefficient (Wildman–Crippen LogP) is 1.97. The molecule has 2 aromatic heterocycles. The quantitative estimate of drug-likeness (QED) is 0.925. The van der Waals surface area contributed by atoms with Crippen LogP contribution in [0.2, 0.25) is 0 Å². The van der Waals surface area contributed by atoms with E-state index in [9.17, 15) is 4.79 Å². The molecule has 8 heteroatoms. The average Bonchev–Trinajstić information content (AvgIpc) is 3.05. The van der Waals surface area contributed by atoms with Gasteiger partial charge in [0.2, 0.25) is 11.7 Å². The number of carbonyl (C=O) groups excluding carboxylic acids is 1. The van der Waals surface area contributed by atoms with Gasteiger partial charge in [0.25, 0.3) is 0 Å². The second-order valence-electron chi connectivity index (χ2n) is 6.43. The fourth-order valence-electron chi connectivity index (χ4n) is 3.23. The summed E-state index contributed by atoms with van der Waals surface area (Å²) in [6, 6.07) is 0.351. The normalized spacial score (nSPS) is 19.1. The number of nitrogens with one attached hydrogen (secondary N) is 1. The Balaban J connectivity index is 1.31.